The molecule has 3 heterocycles. The summed E-state index contributed by atoms with van der Waals surface area (Å²) in [7, 11) is 0. The number of nitriles is 1. The molecule has 1 N–H and O–H groups in total. The van der Waals surface area contributed by atoms with Gasteiger partial charge in [0.05, 0.1) is 24.0 Å². The second-order valence-corrected chi connectivity index (χ2v) is 8.87. The minimum Gasteiger partial charge on any atom is -0.411 e. The fourth-order valence-corrected chi connectivity index (χ4v) is 4.41. The van der Waals surface area contributed by atoms with Crippen molar-refractivity contribution in [3.8, 4) is 17.5 Å². The van der Waals surface area contributed by atoms with E-state index >= 15 is 0 Å². The number of hydrogen-bond donors (Lipinski definition) is 1. The first-order valence-electron chi connectivity index (χ1n) is 10.2. The summed E-state index contributed by atoms with van der Waals surface area (Å²) in [5.74, 6) is 0.637. The Labute approximate surface area is 194 Å². The highest BCUT2D eigenvalue weighted by molar-refractivity contribution is 7.99. The molecule has 1 atom stereocenters. The molecule has 0 spiro atoms. The molecule has 1 aliphatic heterocycles. The summed E-state index contributed by atoms with van der Waals surface area (Å²) in [5.41, 5.74) is 2.98. The molecular formula is C22H22ClN5O3S. The van der Waals surface area contributed by atoms with E-state index in [0.29, 0.717) is 34.4 Å². The van der Waals surface area contributed by atoms with Crippen molar-refractivity contribution in [1.29, 1.82) is 5.26 Å². The smallest absolute Gasteiger partial charge is 0.277 e. The van der Waals surface area contributed by atoms with Gasteiger partial charge in [0, 0.05) is 22.9 Å². The van der Waals surface area contributed by atoms with Crippen LogP contribution >= 0.6 is 23.4 Å². The van der Waals surface area contributed by atoms with E-state index in [1.165, 1.54) is 0 Å². The van der Waals surface area contributed by atoms with Gasteiger partial charge in [0.25, 0.3) is 5.22 Å². The third-order valence-electron chi connectivity index (χ3n) is 5.41. The summed E-state index contributed by atoms with van der Waals surface area (Å²) in [6.45, 7) is 5.18. The molecule has 1 saturated heterocycles. The molecule has 0 radical (unpaired) electrons. The van der Waals surface area contributed by atoms with Crippen molar-refractivity contribution in [2.24, 2.45) is 0 Å². The molecule has 32 heavy (non-hydrogen) atoms. The van der Waals surface area contributed by atoms with Crippen LogP contribution in [-0.4, -0.2) is 39.1 Å². The first-order valence-corrected chi connectivity index (χ1v) is 11.6. The summed E-state index contributed by atoms with van der Waals surface area (Å²) in [5, 5.41) is 21.4. The molecule has 1 amide bonds. The maximum absolute atomic E-state index is 12.7. The number of hydrogen-bond acceptors (Lipinski definition) is 7. The molecule has 0 bridgehead atoms. The molecule has 3 aromatic rings. The number of aromatic nitrogens is 3. The summed E-state index contributed by atoms with van der Waals surface area (Å²) in [4.78, 5) is 12.7. The van der Waals surface area contributed by atoms with Gasteiger partial charge in [-0.2, -0.15) is 5.26 Å². The zero-order valence-corrected chi connectivity index (χ0v) is 19.3. The highest BCUT2D eigenvalue weighted by Crippen LogP contribution is 2.29. The van der Waals surface area contributed by atoms with Crippen LogP contribution in [-0.2, 0) is 16.1 Å². The predicted octanol–water partition coefficient (Wildman–Crippen LogP) is 4.59. The number of nitrogens with zero attached hydrogens (tertiary/aromatic N) is 4. The van der Waals surface area contributed by atoms with Gasteiger partial charge in [-0.3, -0.25) is 4.79 Å². The van der Waals surface area contributed by atoms with Crippen molar-refractivity contribution in [1.82, 2.24) is 14.8 Å². The average Bonchev–Trinajstić information content (AvgIpc) is 3.51. The second kappa shape index (κ2) is 9.77. The third kappa shape index (κ3) is 4.83. The molecule has 1 aliphatic rings. The quantitative estimate of drug-likeness (QED) is 0.502. The van der Waals surface area contributed by atoms with Crippen molar-refractivity contribution < 1.29 is 13.9 Å². The molecule has 0 aliphatic carbocycles. The minimum atomic E-state index is -0.264. The fraction of sp³-hybridized carbons (Fsp3) is 0.364. The van der Waals surface area contributed by atoms with Crippen LogP contribution in [0.15, 0.2) is 33.9 Å². The lowest BCUT2D eigenvalue weighted by molar-refractivity contribution is -0.113. The van der Waals surface area contributed by atoms with E-state index in [2.05, 4.69) is 21.6 Å². The van der Waals surface area contributed by atoms with Crippen LogP contribution in [0.2, 0.25) is 5.02 Å². The number of nitrogens with one attached hydrogen (secondary N) is 1. The molecule has 166 valence electrons. The Hall–Kier alpha value is -2.80. The lowest BCUT2D eigenvalue weighted by Crippen LogP contribution is -2.22. The van der Waals surface area contributed by atoms with Gasteiger partial charge < -0.3 is 19.0 Å². The van der Waals surface area contributed by atoms with Crippen LogP contribution in [0.5, 0.6) is 0 Å². The van der Waals surface area contributed by atoms with Gasteiger partial charge in [-0.15, -0.1) is 10.2 Å². The minimum absolute atomic E-state index is 0.0608. The Morgan fingerprint density at radius 1 is 1.41 bits per heavy atom. The molecule has 2 aromatic heterocycles. The topological polar surface area (TPSA) is 106 Å². The normalized spacial score (nSPS) is 15.6. The van der Waals surface area contributed by atoms with E-state index in [4.69, 9.17) is 20.8 Å². The molecule has 10 heteroatoms. The molecule has 4 rings (SSSR count). The maximum atomic E-state index is 12.7. The van der Waals surface area contributed by atoms with Crippen molar-refractivity contribution in [2.45, 2.75) is 44.6 Å². The fourth-order valence-electron chi connectivity index (χ4n) is 3.65. The van der Waals surface area contributed by atoms with Crippen LogP contribution in [0.25, 0.3) is 11.5 Å². The summed E-state index contributed by atoms with van der Waals surface area (Å²) >= 11 is 7.13. The number of halogens is 1. The Morgan fingerprint density at radius 3 is 2.97 bits per heavy atom. The lowest BCUT2D eigenvalue weighted by Gasteiger charge is -2.16. The monoisotopic (exact) mass is 471 g/mol. The summed E-state index contributed by atoms with van der Waals surface area (Å²) in [6.07, 6.45) is 2.07. The first-order chi connectivity index (χ1) is 15.5. The van der Waals surface area contributed by atoms with Crippen molar-refractivity contribution in [3.63, 3.8) is 0 Å². The van der Waals surface area contributed by atoms with Gasteiger partial charge in [0.2, 0.25) is 11.8 Å². The molecule has 1 aromatic carbocycles. The third-order valence-corrected chi connectivity index (χ3v) is 6.47. The van der Waals surface area contributed by atoms with Crippen molar-refractivity contribution in [3.05, 3.63) is 46.1 Å². The van der Waals surface area contributed by atoms with Gasteiger partial charge in [0.1, 0.15) is 11.9 Å². The number of carbonyl (C=O) groups excluding carboxylic acids is 1. The first kappa shape index (κ1) is 22.4. The van der Waals surface area contributed by atoms with E-state index in [0.717, 1.165) is 42.5 Å². The molecule has 1 fully saturated rings. The van der Waals surface area contributed by atoms with E-state index in [9.17, 15) is 10.1 Å². The largest absolute Gasteiger partial charge is 0.411 e. The van der Waals surface area contributed by atoms with E-state index in [1.807, 2.05) is 24.5 Å². The number of carbonyl (C=O) groups is 1. The van der Waals surface area contributed by atoms with Crippen LogP contribution < -0.4 is 5.32 Å². The Balaban J connectivity index is 1.44. The highest BCUT2D eigenvalue weighted by Gasteiger charge is 2.24. The van der Waals surface area contributed by atoms with Crippen LogP contribution in [0.1, 0.15) is 29.7 Å². The second-order valence-electron chi connectivity index (χ2n) is 7.51. The Bertz CT molecular complexity index is 1180. The van der Waals surface area contributed by atoms with Crippen LogP contribution in [0, 0.1) is 25.2 Å². The van der Waals surface area contributed by atoms with Gasteiger partial charge in [-0.1, -0.05) is 29.4 Å². The van der Waals surface area contributed by atoms with Gasteiger partial charge >= 0.3 is 0 Å². The molecule has 1 unspecified atom stereocenters. The zero-order chi connectivity index (χ0) is 22.7. The van der Waals surface area contributed by atoms with Crippen molar-refractivity contribution >= 4 is 35.1 Å². The maximum Gasteiger partial charge on any atom is 0.277 e. The molecular weight excluding hydrogens is 450 g/mol. The standard InChI is InChI=1S/C22H22ClN5O3S/c1-13-14(2)28(11-17-7-4-8-30-17)20(18(13)10-24)25-19(29)12-32-22-27-26-21(31-22)15-5-3-6-16(23)9-15/h3,5-6,9,17H,4,7-8,11-12H2,1-2H3,(H,25,29). The summed E-state index contributed by atoms with van der Waals surface area (Å²) in [6, 6.07) is 9.32. The summed E-state index contributed by atoms with van der Waals surface area (Å²) < 4.78 is 13.4. The van der Waals surface area contributed by atoms with Gasteiger partial charge in [-0.05, 0) is 50.5 Å². The number of amides is 1. The van der Waals surface area contributed by atoms with Crippen molar-refractivity contribution in [2.75, 3.05) is 17.7 Å². The average molecular weight is 472 g/mol. The molecule has 8 nitrogen and oxygen atoms in total. The van der Waals surface area contributed by atoms with Gasteiger partial charge in [-0.25, -0.2) is 0 Å². The predicted molar refractivity (Wildman–Crippen MR) is 122 cm³/mol. The number of thioether (sulfide) groups is 1. The Kier molecular flexibility index (Phi) is 6.84. The lowest BCUT2D eigenvalue weighted by atomic mass is 10.2. The number of anilines is 1. The number of rotatable bonds is 7. The van der Waals surface area contributed by atoms with E-state index < -0.39 is 0 Å². The van der Waals surface area contributed by atoms with E-state index in [1.54, 1.807) is 18.2 Å². The van der Waals surface area contributed by atoms with Crippen LogP contribution in [0.4, 0.5) is 5.82 Å². The molecule has 0 saturated carbocycles. The number of benzene rings is 1. The highest BCUT2D eigenvalue weighted by atomic mass is 35.5. The SMILES string of the molecule is Cc1c(C#N)c(NC(=O)CSc2nnc(-c3cccc(Cl)c3)o2)n(CC2CCCO2)c1C. The zero-order valence-electron chi connectivity index (χ0n) is 17.7. The van der Waals surface area contributed by atoms with Crippen LogP contribution in [0.3, 0.4) is 0 Å². The van der Waals surface area contributed by atoms with E-state index in [-0.39, 0.29) is 23.0 Å². The Morgan fingerprint density at radius 2 is 2.25 bits per heavy atom. The number of ether oxygens (including phenoxy) is 1. The van der Waals surface area contributed by atoms with Gasteiger partial charge in [0.15, 0.2) is 0 Å².